The smallest absolute Gasteiger partial charge is 0.271 e. The molecule has 0 fully saturated rings. The number of benzene rings is 1. The molecule has 140 valence electrons. The fraction of sp³-hybridized carbons (Fsp3) is 0.421. The van der Waals surface area contributed by atoms with E-state index in [1.54, 1.807) is 19.2 Å². The average Bonchev–Trinajstić information content (AvgIpc) is 2.66. The summed E-state index contributed by atoms with van der Waals surface area (Å²) in [5.41, 5.74) is 1.36. The van der Waals surface area contributed by atoms with Gasteiger partial charge in [0.25, 0.3) is 5.91 Å². The number of carbonyl (C=O) groups excluding carboxylic acids is 1. The Hall–Kier alpha value is -2.67. The van der Waals surface area contributed by atoms with Gasteiger partial charge in [-0.3, -0.25) is 4.79 Å². The molecular formula is C19H27N5O2. The van der Waals surface area contributed by atoms with E-state index in [1.165, 1.54) is 0 Å². The van der Waals surface area contributed by atoms with Crippen molar-refractivity contribution < 1.29 is 9.53 Å². The maximum atomic E-state index is 12.2. The largest absolute Gasteiger partial charge is 0.496 e. The van der Waals surface area contributed by atoms with Crippen LogP contribution in [0.2, 0.25) is 0 Å². The Balaban J connectivity index is 1.77. The van der Waals surface area contributed by atoms with Gasteiger partial charge in [0.1, 0.15) is 11.6 Å². The van der Waals surface area contributed by atoms with E-state index >= 15 is 0 Å². The summed E-state index contributed by atoms with van der Waals surface area (Å²) in [6.07, 6.45) is 1.70. The van der Waals surface area contributed by atoms with Crippen molar-refractivity contribution in [1.29, 1.82) is 0 Å². The highest BCUT2D eigenvalue weighted by Gasteiger charge is 2.08. The Morgan fingerprint density at radius 2 is 1.92 bits per heavy atom. The monoisotopic (exact) mass is 357 g/mol. The van der Waals surface area contributed by atoms with Crippen LogP contribution in [-0.2, 0) is 6.42 Å². The van der Waals surface area contributed by atoms with Gasteiger partial charge in [0.2, 0.25) is 0 Å². The van der Waals surface area contributed by atoms with Crippen LogP contribution in [0.3, 0.4) is 0 Å². The highest BCUT2D eigenvalue weighted by Crippen LogP contribution is 2.17. The van der Waals surface area contributed by atoms with Gasteiger partial charge in [0.05, 0.1) is 7.11 Å². The van der Waals surface area contributed by atoms with Crippen molar-refractivity contribution in [2.75, 3.05) is 46.2 Å². The summed E-state index contributed by atoms with van der Waals surface area (Å²) in [4.78, 5) is 14.3. The fourth-order valence-electron chi connectivity index (χ4n) is 2.47. The number of rotatable bonds is 10. The van der Waals surface area contributed by atoms with Crippen LogP contribution in [0.5, 0.6) is 5.75 Å². The van der Waals surface area contributed by atoms with Gasteiger partial charge in [-0.25, -0.2) is 0 Å². The molecule has 0 unspecified atom stereocenters. The van der Waals surface area contributed by atoms with Gasteiger partial charge < -0.3 is 20.3 Å². The van der Waals surface area contributed by atoms with Crippen molar-refractivity contribution in [3.63, 3.8) is 0 Å². The summed E-state index contributed by atoms with van der Waals surface area (Å²) in [5.74, 6) is 1.27. The highest BCUT2D eigenvalue weighted by molar-refractivity contribution is 5.92. The van der Waals surface area contributed by atoms with Crippen molar-refractivity contribution in [2.45, 2.75) is 12.8 Å². The zero-order valence-electron chi connectivity index (χ0n) is 15.7. The van der Waals surface area contributed by atoms with E-state index in [-0.39, 0.29) is 5.91 Å². The fourth-order valence-corrected chi connectivity index (χ4v) is 2.47. The van der Waals surface area contributed by atoms with Crippen LogP contribution in [0.4, 0.5) is 5.82 Å². The lowest BCUT2D eigenvalue weighted by atomic mass is 10.1. The number of anilines is 1. The normalized spacial score (nSPS) is 10.6. The predicted molar refractivity (Wildman–Crippen MR) is 103 cm³/mol. The minimum Gasteiger partial charge on any atom is -0.496 e. The summed E-state index contributed by atoms with van der Waals surface area (Å²) in [5, 5.41) is 14.1. The summed E-state index contributed by atoms with van der Waals surface area (Å²) < 4.78 is 5.31. The summed E-state index contributed by atoms with van der Waals surface area (Å²) in [6.45, 7) is 2.33. The molecule has 1 heterocycles. The molecule has 2 aromatic rings. The van der Waals surface area contributed by atoms with Gasteiger partial charge in [-0.15, -0.1) is 10.2 Å². The molecule has 0 saturated carbocycles. The van der Waals surface area contributed by atoms with Crippen molar-refractivity contribution >= 4 is 11.7 Å². The zero-order valence-corrected chi connectivity index (χ0v) is 15.7. The molecule has 0 aliphatic rings. The molecule has 0 atom stereocenters. The summed E-state index contributed by atoms with van der Waals surface area (Å²) >= 11 is 0. The van der Waals surface area contributed by atoms with E-state index in [1.807, 2.05) is 38.4 Å². The molecule has 1 amide bonds. The first-order chi connectivity index (χ1) is 12.6. The van der Waals surface area contributed by atoms with Crippen LogP contribution in [-0.4, -0.2) is 61.8 Å². The van der Waals surface area contributed by atoms with Gasteiger partial charge in [0.15, 0.2) is 5.69 Å². The molecular weight excluding hydrogens is 330 g/mol. The number of amides is 1. The number of carbonyl (C=O) groups is 1. The lowest BCUT2D eigenvalue weighted by Crippen LogP contribution is -2.27. The van der Waals surface area contributed by atoms with E-state index in [4.69, 9.17) is 4.74 Å². The van der Waals surface area contributed by atoms with Gasteiger partial charge >= 0.3 is 0 Å². The van der Waals surface area contributed by atoms with Crippen LogP contribution < -0.4 is 15.4 Å². The maximum absolute atomic E-state index is 12.2. The second-order valence-electron chi connectivity index (χ2n) is 6.21. The van der Waals surface area contributed by atoms with E-state index in [9.17, 15) is 4.79 Å². The molecule has 0 bridgehead atoms. The first kappa shape index (κ1) is 19.7. The molecule has 0 aliphatic heterocycles. The molecule has 2 rings (SSSR count). The predicted octanol–water partition coefficient (Wildman–Crippen LogP) is 1.82. The summed E-state index contributed by atoms with van der Waals surface area (Å²) in [7, 11) is 5.73. The Labute approximate surface area is 154 Å². The first-order valence-corrected chi connectivity index (χ1v) is 8.72. The second kappa shape index (κ2) is 10.4. The molecule has 26 heavy (non-hydrogen) atoms. The Kier molecular flexibility index (Phi) is 7.82. The average molecular weight is 357 g/mol. The second-order valence-corrected chi connectivity index (χ2v) is 6.21. The third-order valence-corrected chi connectivity index (χ3v) is 3.86. The van der Waals surface area contributed by atoms with Gasteiger partial charge in [-0.05, 0) is 57.2 Å². The molecule has 0 radical (unpaired) electrons. The molecule has 7 nitrogen and oxygen atoms in total. The Morgan fingerprint density at radius 3 is 2.62 bits per heavy atom. The van der Waals surface area contributed by atoms with Crippen molar-refractivity contribution in [3.8, 4) is 5.75 Å². The molecule has 2 N–H and O–H groups in total. The number of aromatic nitrogens is 2. The van der Waals surface area contributed by atoms with Crippen LogP contribution >= 0.6 is 0 Å². The van der Waals surface area contributed by atoms with Gasteiger partial charge in [-0.1, -0.05) is 18.2 Å². The third-order valence-electron chi connectivity index (χ3n) is 3.86. The number of methoxy groups -OCH3 is 1. The van der Waals surface area contributed by atoms with Crippen molar-refractivity contribution in [2.24, 2.45) is 0 Å². The van der Waals surface area contributed by atoms with Crippen LogP contribution in [0, 0.1) is 0 Å². The van der Waals surface area contributed by atoms with Crippen LogP contribution in [0.15, 0.2) is 36.4 Å². The van der Waals surface area contributed by atoms with Gasteiger partial charge in [-0.2, -0.15) is 0 Å². The third kappa shape index (κ3) is 6.33. The van der Waals surface area contributed by atoms with Gasteiger partial charge in [0, 0.05) is 13.1 Å². The molecule has 0 spiro atoms. The topological polar surface area (TPSA) is 79.4 Å². The Bertz CT molecular complexity index is 689. The number of para-hydroxylation sites is 1. The van der Waals surface area contributed by atoms with Crippen LogP contribution in [0.1, 0.15) is 22.5 Å². The van der Waals surface area contributed by atoms with E-state index < -0.39 is 0 Å². The van der Waals surface area contributed by atoms with E-state index in [2.05, 4.69) is 25.7 Å². The van der Waals surface area contributed by atoms with E-state index in [0.717, 1.165) is 30.8 Å². The number of hydrogen-bond donors (Lipinski definition) is 2. The number of nitrogens with zero attached hydrogens (tertiary/aromatic N) is 3. The highest BCUT2D eigenvalue weighted by atomic mass is 16.5. The lowest BCUT2D eigenvalue weighted by molar-refractivity contribution is 0.0948. The Morgan fingerprint density at radius 1 is 1.12 bits per heavy atom. The van der Waals surface area contributed by atoms with Crippen molar-refractivity contribution in [3.05, 3.63) is 47.7 Å². The quantitative estimate of drug-likeness (QED) is 0.632. The minimum atomic E-state index is -0.230. The number of ether oxygens (including phenoxy) is 1. The van der Waals surface area contributed by atoms with Crippen LogP contribution in [0.25, 0.3) is 0 Å². The minimum absolute atomic E-state index is 0.230. The standard InChI is InChI=1S/C19H27N5O2/c1-24(2)14-6-12-20-18-10-9-16(22-23-18)19(25)21-13-11-15-7-4-5-8-17(15)26-3/h4-5,7-10H,6,11-14H2,1-3H3,(H,20,23)(H,21,25). The SMILES string of the molecule is COc1ccccc1CCNC(=O)c1ccc(NCCCN(C)C)nn1. The van der Waals surface area contributed by atoms with E-state index in [0.29, 0.717) is 24.5 Å². The lowest BCUT2D eigenvalue weighted by Gasteiger charge is -2.10. The molecule has 0 saturated heterocycles. The number of nitrogens with one attached hydrogen (secondary N) is 2. The molecule has 1 aromatic heterocycles. The maximum Gasteiger partial charge on any atom is 0.271 e. The molecule has 7 heteroatoms. The zero-order chi connectivity index (χ0) is 18.8. The first-order valence-electron chi connectivity index (χ1n) is 8.72. The number of hydrogen-bond acceptors (Lipinski definition) is 6. The molecule has 1 aromatic carbocycles. The molecule has 0 aliphatic carbocycles. The summed E-state index contributed by atoms with van der Waals surface area (Å²) in [6, 6.07) is 11.2. The van der Waals surface area contributed by atoms with Crippen molar-refractivity contribution in [1.82, 2.24) is 20.4 Å².